The number of carbonyl (C=O) groups is 2. The normalized spacial score (nSPS) is 18.8. The lowest BCUT2D eigenvalue weighted by molar-refractivity contribution is -0.133. The van der Waals surface area contributed by atoms with Crippen molar-refractivity contribution in [3.63, 3.8) is 0 Å². The van der Waals surface area contributed by atoms with Gasteiger partial charge < -0.3 is 14.7 Å². The Morgan fingerprint density at radius 2 is 1.67 bits per heavy atom. The van der Waals surface area contributed by atoms with Gasteiger partial charge in [0.2, 0.25) is 5.91 Å². The monoisotopic (exact) mass is 333 g/mol. The van der Waals surface area contributed by atoms with Gasteiger partial charge in [0.25, 0.3) is 11.5 Å². The van der Waals surface area contributed by atoms with Crippen molar-refractivity contribution in [2.24, 2.45) is 0 Å². The lowest BCUT2D eigenvalue weighted by atomic mass is 10.2. The number of aromatic nitrogens is 2. The number of rotatable bonds is 4. The first kappa shape index (κ1) is 16.6. The molecule has 2 saturated heterocycles. The number of hydrogen-bond acceptors (Lipinski definition) is 5. The highest BCUT2D eigenvalue weighted by molar-refractivity contribution is 5.92. The molecular weight excluding hydrogens is 310 g/mol. The van der Waals surface area contributed by atoms with Crippen molar-refractivity contribution in [2.45, 2.75) is 19.3 Å². The Morgan fingerprint density at radius 3 is 2.29 bits per heavy atom. The van der Waals surface area contributed by atoms with Gasteiger partial charge in [-0.1, -0.05) is 0 Å². The predicted molar refractivity (Wildman–Crippen MR) is 87.6 cm³/mol. The van der Waals surface area contributed by atoms with Gasteiger partial charge in [0.05, 0.1) is 0 Å². The van der Waals surface area contributed by atoms with Gasteiger partial charge in [-0.3, -0.25) is 14.4 Å². The first-order valence-corrected chi connectivity index (χ1v) is 8.48. The second-order valence-corrected chi connectivity index (χ2v) is 6.28. The smallest absolute Gasteiger partial charge is 0.274 e. The topological polar surface area (TPSA) is 89.6 Å². The second kappa shape index (κ2) is 7.57. The third-order valence-corrected chi connectivity index (χ3v) is 4.66. The Bertz CT molecular complexity index is 625. The molecule has 8 nitrogen and oxygen atoms in total. The fourth-order valence-corrected chi connectivity index (χ4v) is 3.20. The van der Waals surface area contributed by atoms with E-state index in [0.29, 0.717) is 32.6 Å². The van der Waals surface area contributed by atoms with Crippen LogP contribution >= 0.6 is 0 Å². The number of nitrogens with one attached hydrogen (secondary N) is 1. The summed E-state index contributed by atoms with van der Waals surface area (Å²) in [5.41, 5.74) is -0.108. The molecule has 1 aromatic rings. The molecule has 2 aliphatic rings. The highest BCUT2D eigenvalue weighted by Gasteiger charge is 2.25. The number of aromatic amines is 1. The summed E-state index contributed by atoms with van der Waals surface area (Å²) < 4.78 is 0. The number of hydrogen-bond donors (Lipinski definition) is 1. The van der Waals surface area contributed by atoms with Crippen molar-refractivity contribution >= 4 is 11.8 Å². The minimum atomic E-state index is -0.333. The number of amides is 2. The van der Waals surface area contributed by atoms with E-state index in [-0.39, 0.29) is 23.1 Å². The molecule has 0 unspecified atom stereocenters. The molecule has 2 aliphatic heterocycles. The first-order valence-electron chi connectivity index (χ1n) is 8.48. The van der Waals surface area contributed by atoms with Gasteiger partial charge in [0, 0.05) is 45.2 Å². The fourth-order valence-electron chi connectivity index (χ4n) is 3.20. The Kier molecular flexibility index (Phi) is 5.24. The van der Waals surface area contributed by atoms with E-state index in [1.54, 1.807) is 4.90 Å². The Hall–Kier alpha value is -2.22. The van der Waals surface area contributed by atoms with Gasteiger partial charge in [0.1, 0.15) is 5.69 Å². The average molecular weight is 333 g/mol. The van der Waals surface area contributed by atoms with E-state index in [0.717, 1.165) is 19.6 Å². The zero-order chi connectivity index (χ0) is 16.9. The molecular formula is C16H23N5O3. The van der Waals surface area contributed by atoms with Crippen LogP contribution in [0, 0.1) is 0 Å². The summed E-state index contributed by atoms with van der Waals surface area (Å²) in [6.45, 7) is 5.12. The summed E-state index contributed by atoms with van der Waals surface area (Å²) in [5.74, 6) is -0.0495. The highest BCUT2D eigenvalue weighted by atomic mass is 16.2. The molecule has 3 rings (SSSR count). The standard InChI is InChI=1S/C16H23N5O3/c22-14-4-3-13(17-18-14)16(24)21-11-9-20(10-12-21)15(23)5-8-19-6-1-2-7-19/h3-4H,1-2,5-12H2,(H,18,22). The Labute approximate surface area is 140 Å². The van der Waals surface area contributed by atoms with Gasteiger partial charge in [-0.25, -0.2) is 5.10 Å². The molecule has 0 aromatic carbocycles. The summed E-state index contributed by atoms with van der Waals surface area (Å²) in [5, 5.41) is 6.03. The van der Waals surface area contributed by atoms with E-state index in [9.17, 15) is 14.4 Å². The largest absolute Gasteiger partial charge is 0.339 e. The van der Waals surface area contributed by atoms with Crippen LogP contribution in [0.1, 0.15) is 29.8 Å². The third-order valence-electron chi connectivity index (χ3n) is 4.66. The SMILES string of the molecule is O=C(CCN1CCCC1)N1CCN(C(=O)c2ccc(=O)[nH]n2)CC1. The van der Waals surface area contributed by atoms with Crippen molar-refractivity contribution in [2.75, 3.05) is 45.8 Å². The van der Waals surface area contributed by atoms with Crippen LogP contribution in [0.4, 0.5) is 0 Å². The molecule has 0 aliphatic carbocycles. The molecule has 0 bridgehead atoms. The van der Waals surface area contributed by atoms with E-state index in [4.69, 9.17) is 0 Å². The van der Waals surface area contributed by atoms with E-state index in [1.807, 2.05) is 4.90 Å². The van der Waals surface area contributed by atoms with Crippen LogP contribution in [0.2, 0.25) is 0 Å². The zero-order valence-electron chi connectivity index (χ0n) is 13.7. The van der Waals surface area contributed by atoms with Crippen molar-refractivity contribution in [3.8, 4) is 0 Å². The summed E-state index contributed by atoms with van der Waals surface area (Å²) in [6, 6.07) is 2.72. The maximum absolute atomic E-state index is 12.3. The van der Waals surface area contributed by atoms with Crippen LogP contribution < -0.4 is 5.56 Å². The zero-order valence-corrected chi connectivity index (χ0v) is 13.7. The molecule has 8 heteroatoms. The van der Waals surface area contributed by atoms with Crippen molar-refractivity contribution in [3.05, 3.63) is 28.2 Å². The summed E-state index contributed by atoms with van der Waals surface area (Å²) in [7, 11) is 0. The number of piperazine rings is 1. The van der Waals surface area contributed by atoms with Crippen molar-refractivity contribution in [1.82, 2.24) is 24.9 Å². The highest BCUT2D eigenvalue weighted by Crippen LogP contribution is 2.10. The first-order chi connectivity index (χ1) is 11.6. The molecule has 1 aromatic heterocycles. The van der Waals surface area contributed by atoms with Crippen LogP contribution in [-0.4, -0.2) is 82.5 Å². The van der Waals surface area contributed by atoms with E-state index < -0.39 is 0 Å². The van der Waals surface area contributed by atoms with Crippen molar-refractivity contribution in [1.29, 1.82) is 0 Å². The molecule has 130 valence electrons. The van der Waals surface area contributed by atoms with E-state index in [1.165, 1.54) is 25.0 Å². The maximum Gasteiger partial charge on any atom is 0.274 e. The third kappa shape index (κ3) is 4.00. The molecule has 0 atom stereocenters. The quantitative estimate of drug-likeness (QED) is 0.805. The fraction of sp³-hybridized carbons (Fsp3) is 0.625. The van der Waals surface area contributed by atoms with Crippen LogP contribution in [0.15, 0.2) is 16.9 Å². The number of likely N-dealkylation sites (tertiary alicyclic amines) is 1. The molecule has 3 heterocycles. The van der Waals surface area contributed by atoms with Crippen LogP contribution in [0.5, 0.6) is 0 Å². The number of carbonyl (C=O) groups excluding carboxylic acids is 2. The van der Waals surface area contributed by atoms with E-state index in [2.05, 4.69) is 15.1 Å². The van der Waals surface area contributed by atoms with E-state index >= 15 is 0 Å². The molecule has 0 radical (unpaired) electrons. The summed E-state index contributed by atoms with van der Waals surface area (Å²) in [6.07, 6.45) is 3.01. The average Bonchev–Trinajstić information content (AvgIpc) is 3.13. The molecule has 1 N–H and O–H groups in total. The molecule has 2 amide bonds. The number of H-pyrrole nitrogens is 1. The van der Waals surface area contributed by atoms with Gasteiger partial charge in [-0.15, -0.1) is 0 Å². The van der Waals surface area contributed by atoms with Gasteiger partial charge in [0.15, 0.2) is 0 Å². The minimum Gasteiger partial charge on any atom is -0.339 e. The van der Waals surface area contributed by atoms with Gasteiger partial charge >= 0.3 is 0 Å². The molecule has 24 heavy (non-hydrogen) atoms. The van der Waals surface area contributed by atoms with Crippen molar-refractivity contribution < 1.29 is 9.59 Å². The van der Waals surface area contributed by atoms with Gasteiger partial charge in [-0.05, 0) is 32.0 Å². The minimum absolute atomic E-state index is 0.163. The summed E-state index contributed by atoms with van der Waals surface area (Å²) in [4.78, 5) is 41.4. The molecule has 0 spiro atoms. The molecule has 2 fully saturated rings. The Balaban J connectivity index is 1.46. The van der Waals surface area contributed by atoms with Crippen LogP contribution in [-0.2, 0) is 4.79 Å². The lowest BCUT2D eigenvalue weighted by Crippen LogP contribution is -2.51. The number of nitrogens with zero attached hydrogens (tertiary/aromatic N) is 4. The predicted octanol–water partition coefficient (Wildman–Crippen LogP) is -0.460. The molecule has 0 saturated carbocycles. The van der Waals surface area contributed by atoms with Crippen LogP contribution in [0.3, 0.4) is 0 Å². The Morgan fingerprint density at radius 1 is 1.00 bits per heavy atom. The van der Waals surface area contributed by atoms with Gasteiger partial charge in [-0.2, -0.15) is 5.10 Å². The second-order valence-electron chi connectivity index (χ2n) is 6.28. The summed E-state index contributed by atoms with van der Waals surface area (Å²) >= 11 is 0. The van der Waals surface area contributed by atoms with Crippen LogP contribution in [0.25, 0.3) is 0 Å². The maximum atomic E-state index is 12.3. The lowest BCUT2D eigenvalue weighted by Gasteiger charge is -2.34.